The number of nitrogens with zero attached hydrogens (tertiary/aromatic N) is 1. The van der Waals surface area contributed by atoms with Crippen LogP contribution in [0.15, 0.2) is 0 Å². The summed E-state index contributed by atoms with van der Waals surface area (Å²) in [6.45, 7) is 4.22. The minimum absolute atomic E-state index is 1.20. The normalized spacial score (nSPS) is 15.4. The molecule has 1 heterocycles. The fourth-order valence-corrected chi connectivity index (χ4v) is 5.21. The Balaban J connectivity index is 2.93. The van der Waals surface area contributed by atoms with E-state index in [0.29, 0.717) is 0 Å². The van der Waals surface area contributed by atoms with Gasteiger partial charge >= 0.3 is 0 Å². The Hall–Kier alpha value is -0.0200. The first-order valence-electron chi connectivity index (χ1n) is 4.56. The highest BCUT2D eigenvalue weighted by Crippen LogP contribution is 2.59. The van der Waals surface area contributed by atoms with E-state index in [9.17, 15) is 0 Å². The standard InChI is InChI=1S/C10H21NS2/c1-8-10(12-9(2)11-8)7-13(3,4,5)6/h13H,7H2,1-6H3. The van der Waals surface area contributed by atoms with E-state index in [1.165, 1.54) is 21.3 Å². The Morgan fingerprint density at radius 2 is 1.69 bits per heavy atom. The number of thiol groups is 1. The largest absolute Gasteiger partial charge is 0.288 e. The molecule has 0 N–H and O–H groups in total. The van der Waals surface area contributed by atoms with Gasteiger partial charge in [0.25, 0.3) is 0 Å². The molecule has 1 nitrogen and oxygen atoms in total. The molecule has 0 aliphatic heterocycles. The Morgan fingerprint density at radius 3 is 2.00 bits per heavy atom. The van der Waals surface area contributed by atoms with Gasteiger partial charge in [-0.15, -0.1) is 11.3 Å². The van der Waals surface area contributed by atoms with E-state index in [1.54, 1.807) is 0 Å². The molecule has 0 saturated carbocycles. The first kappa shape index (κ1) is 11.1. The topological polar surface area (TPSA) is 12.9 Å². The summed E-state index contributed by atoms with van der Waals surface area (Å²) >= 11 is 1.86. The SMILES string of the molecule is Cc1nc(C)c(C[SH](C)(C)(C)C)s1. The van der Waals surface area contributed by atoms with Crippen LogP contribution in [0.2, 0.25) is 0 Å². The van der Waals surface area contributed by atoms with Crippen LogP contribution in [-0.2, 0) is 5.75 Å². The second-order valence-corrected chi connectivity index (χ2v) is 15.3. The van der Waals surface area contributed by atoms with Crippen molar-refractivity contribution in [1.29, 1.82) is 0 Å². The van der Waals surface area contributed by atoms with Crippen LogP contribution in [0.1, 0.15) is 15.6 Å². The van der Waals surface area contributed by atoms with Gasteiger partial charge < -0.3 is 0 Å². The summed E-state index contributed by atoms with van der Waals surface area (Å²) in [6.07, 6.45) is 9.67. The number of hydrogen-bond donors (Lipinski definition) is 1. The zero-order valence-corrected chi connectivity index (χ0v) is 11.2. The van der Waals surface area contributed by atoms with Crippen LogP contribution >= 0.6 is 20.5 Å². The molecule has 1 aromatic rings. The minimum atomic E-state index is -1.40. The molecule has 1 rings (SSSR count). The third kappa shape index (κ3) is 3.69. The maximum atomic E-state index is 4.47. The Bertz CT molecular complexity index is 308. The predicted molar refractivity (Wildman–Crippen MR) is 68.0 cm³/mol. The lowest BCUT2D eigenvalue weighted by atomic mass is 10.4. The van der Waals surface area contributed by atoms with Gasteiger partial charge in [-0.3, -0.25) is 9.16 Å². The zero-order chi connectivity index (χ0) is 10.3. The van der Waals surface area contributed by atoms with E-state index in [0.717, 1.165) is 0 Å². The van der Waals surface area contributed by atoms with Gasteiger partial charge in [-0.05, 0) is 38.9 Å². The number of aryl methyl sites for hydroxylation is 2. The smallest absolute Gasteiger partial charge is 0.0900 e. The van der Waals surface area contributed by atoms with Gasteiger partial charge in [0.1, 0.15) is 0 Å². The van der Waals surface area contributed by atoms with Crippen LogP contribution < -0.4 is 0 Å². The number of aromatic nitrogens is 1. The van der Waals surface area contributed by atoms with Crippen molar-refractivity contribution in [2.45, 2.75) is 19.6 Å². The maximum Gasteiger partial charge on any atom is 0.0900 e. The molecule has 0 spiro atoms. The molecule has 78 valence electrons. The molecule has 1 aromatic heterocycles. The predicted octanol–water partition coefficient (Wildman–Crippen LogP) is 2.85. The zero-order valence-electron chi connectivity index (χ0n) is 9.51. The Morgan fingerprint density at radius 1 is 1.15 bits per heavy atom. The van der Waals surface area contributed by atoms with Gasteiger partial charge in [-0.2, -0.15) is 0 Å². The van der Waals surface area contributed by atoms with Crippen molar-refractivity contribution >= 4 is 20.5 Å². The second kappa shape index (κ2) is 2.99. The van der Waals surface area contributed by atoms with Crippen LogP contribution in [0.5, 0.6) is 0 Å². The Labute approximate surface area is 85.9 Å². The van der Waals surface area contributed by atoms with Gasteiger partial charge in [0.15, 0.2) is 0 Å². The van der Waals surface area contributed by atoms with E-state index in [-0.39, 0.29) is 0 Å². The molecule has 0 radical (unpaired) electrons. The molecule has 0 unspecified atom stereocenters. The van der Waals surface area contributed by atoms with Crippen LogP contribution in [-0.4, -0.2) is 30.0 Å². The minimum Gasteiger partial charge on any atom is -0.288 e. The van der Waals surface area contributed by atoms with Crippen molar-refractivity contribution in [3.8, 4) is 0 Å². The van der Waals surface area contributed by atoms with Gasteiger partial charge in [0.05, 0.1) is 10.7 Å². The molecule has 0 fully saturated rings. The first-order valence-corrected chi connectivity index (χ1v) is 9.59. The molecule has 0 bridgehead atoms. The van der Waals surface area contributed by atoms with E-state index >= 15 is 0 Å². The Kier molecular flexibility index (Phi) is 2.54. The fourth-order valence-electron chi connectivity index (χ4n) is 1.29. The van der Waals surface area contributed by atoms with Crippen molar-refractivity contribution in [3.63, 3.8) is 0 Å². The van der Waals surface area contributed by atoms with E-state index in [4.69, 9.17) is 0 Å². The van der Waals surface area contributed by atoms with Crippen molar-refractivity contribution in [3.05, 3.63) is 15.6 Å². The summed E-state index contributed by atoms with van der Waals surface area (Å²) in [4.78, 5) is 5.96. The molecule has 0 aliphatic rings. The number of thiazole rings is 1. The summed E-state index contributed by atoms with van der Waals surface area (Å²) in [5, 5.41) is 1.20. The molecule has 3 heteroatoms. The molecule has 0 saturated heterocycles. The lowest BCUT2D eigenvalue weighted by Crippen LogP contribution is -2.13. The van der Waals surface area contributed by atoms with E-state index in [1.807, 2.05) is 11.3 Å². The number of rotatable bonds is 2. The average Bonchev–Trinajstić information content (AvgIpc) is 2.04. The van der Waals surface area contributed by atoms with Gasteiger partial charge in [0, 0.05) is 10.6 Å². The molecule has 0 amide bonds. The summed E-state index contributed by atoms with van der Waals surface area (Å²) in [5.41, 5.74) is 1.24. The van der Waals surface area contributed by atoms with Crippen molar-refractivity contribution in [2.75, 3.05) is 25.0 Å². The average molecular weight is 219 g/mol. The lowest BCUT2D eigenvalue weighted by Gasteiger charge is -2.46. The quantitative estimate of drug-likeness (QED) is 0.755. The molecular formula is C10H21NS2. The second-order valence-electron chi connectivity index (χ2n) is 5.85. The van der Waals surface area contributed by atoms with Crippen LogP contribution in [0, 0.1) is 13.8 Å². The van der Waals surface area contributed by atoms with E-state index < -0.39 is 9.16 Å². The molecule has 13 heavy (non-hydrogen) atoms. The van der Waals surface area contributed by atoms with Crippen molar-refractivity contribution in [1.82, 2.24) is 4.98 Å². The summed E-state index contributed by atoms with van der Waals surface area (Å²) in [7, 11) is -1.40. The summed E-state index contributed by atoms with van der Waals surface area (Å²) in [5.74, 6) is 1.24. The van der Waals surface area contributed by atoms with Gasteiger partial charge in [-0.25, -0.2) is 4.98 Å². The highest BCUT2D eigenvalue weighted by atomic mass is 32.3. The first-order chi connectivity index (χ1) is 5.63. The van der Waals surface area contributed by atoms with Gasteiger partial charge in [0.2, 0.25) is 0 Å². The molecule has 0 atom stereocenters. The molecule has 0 aliphatic carbocycles. The van der Waals surface area contributed by atoms with E-state index in [2.05, 4.69) is 43.9 Å². The van der Waals surface area contributed by atoms with Crippen LogP contribution in [0.25, 0.3) is 0 Å². The third-order valence-corrected chi connectivity index (χ3v) is 4.64. The molecular weight excluding hydrogens is 198 g/mol. The fraction of sp³-hybridized carbons (Fsp3) is 0.700. The lowest BCUT2D eigenvalue weighted by molar-refractivity contribution is 1.17. The number of hydrogen-bond acceptors (Lipinski definition) is 2. The van der Waals surface area contributed by atoms with Crippen LogP contribution in [0.3, 0.4) is 0 Å². The monoisotopic (exact) mass is 219 g/mol. The van der Waals surface area contributed by atoms with Crippen molar-refractivity contribution < 1.29 is 0 Å². The van der Waals surface area contributed by atoms with Crippen molar-refractivity contribution in [2.24, 2.45) is 0 Å². The highest BCUT2D eigenvalue weighted by Gasteiger charge is 2.21. The molecule has 0 aromatic carbocycles. The summed E-state index contributed by atoms with van der Waals surface area (Å²) < 4.78 is 0. The van der Waals surface area contributed by atoms with Crippen LogP contribution in [0.4, 0.5) is 0 Å². The van der Waals surface area contributed by atoms with Gasteiger partial charge in [-0.1, -0.05) is 0 Å². The summed E-state index contributed by atoms with van der Waals surface area (Å²) in [6, 6.07) is 0. The maximum absolute atomic E-state index is 4.47. The highest BCUT2D eigenvalue weighted by molar-refractivity contribution is 8.47. The third-order valence-electron chi connectivity index (χ3n) is 1.78.